The SMILES string of the molecule is NC1(C(=O)O)CN(Cc2ccc(N3CCN(c4cccc(C5CCCCC5)c4)C3=O)cc2)C1. The molecule has 7 heteroatoms. The van der Waals surface area contributed by atoms with E-state index in [1.54, 1.807) is 0 Å². The first-order chi connectivity index (χ1) is 15.9. The molecule has 0 atom stereocenters. The molecular weight excluding hydrogens is 416 g/mol. The van der Waals surface area contributed by atoms with E-state index in [1.165, 1.54) is 37.7 Å². The first kappa shape index (κ1) is 21.9. The molecular formula is C26H32N4O3. The topological polar surface area (TPSA) is 90.1 Å². The molecule has 1 aliphatic carbocycles. The highest BCUT2D eigenvalue weighted by Crippen LogP contribution is 2.35. The lowest BCUT2D eigenvalue weighted by atomic mass is 9.84. The summed E-state index contributed by atoms with van der Waals surface area (Å²) in [6, 6.07) is 16.5. The van der Waals surface area contributed by atoms with Crippen LogP contribution in [0.5, 0.6) is 0 Å². The van der Waals surface area contributed by atoms with Crippen LogP contribution in [-0.4, -0.2) is 53.7 Å². The number of rotatable bonds is 6. The van der Waals surface area contributed by atoms with Crippen LogP contribution < -0.4 is 15.5 Å². The summed E-state index contributed by atoms with van der Waals surface area (Å²) in [4.78, 5) is 30.1. The van der Waals surface area contributed by atoms with Crippen molar-refractivity contribution in [1.82, 2.24) is 4.90 Å². The minimum Gasteiger partial charge on any atom is -0.480 e. The second kappa shape index (κ2) is 8.80. The number of urea groups is 1. The fourth-order valence-electron chi connectivity index (χ4n) is 5.44. The van der Waals surface area contributed by atoms with Crippen LogP contribution >= 0.6 is 0 Å². The summed E-state index contributed by atoms with van der Waals surface area (Å²) in [5, 5.41) is 9.15. The van der Waals surface area contributed by atoms with Crippen LogP contribution in [0.15, 0.2) is 48.5 Å². The largest absolute Gasteiger partial charge is 0.480 e. The van der Waals surface area contributed by atoms with E-state index in [-0.39, 0.29) is 6.03 Å². The van der Waals surface area contributed by atoms with E-state index in [9.17, 15) is 9.59 Å². The first-order valence-electron chi connectivity index (χ1n) is 12.0. The van der Waals surface area contributed by atoms with Gasteiger partial charge < -0.3 is 10.8 Å². The Morgan fingerprint density at radius 3 is 2.30 bits per heavy atom. The van der Waals surface area contributed by atoms with E-state index in [1.807, 2.05) is 45.0 Å². The monoisotopic (exact) mass is 448 g/mol. The summed E-state index contributed by atoms with van der Waals surface area (Å²) in [5.74, 6) is -0.332. The first-order valence-corrected chi connectivity index (χ1v) is 12.0. The van der Waals surface area contributed by atoms with E-state index >= 15 is 0 Å². The van der Waals surface area contributed by atoms with Gasteiger partial charge in [0.2, 0.25) is 0 Å². The second-order valence-corrected chi connectivity index (χ2v) is 9.79. The number of carbonyl (C=O) groups is 2. The zero-order valence-electron chi connectivity index (χ0n) is 18.9. The van der Waals surface area contributed by atoms with Gasteiger partial charge in [-0.3, -0.25) is 19.5 Å². The molecule has 0 unspecified atom stereocenters. The average Bonchev–Trinajstić information content (AvgIpc) is 3.20. The molecule has 3 N–H and O–H groups in total. The Morgan fingerprint density at radius 2 is 1.64 bits per heavy atom. The number of amides is 2. The van der Waals surface area contributed by atoms with E-state index in [4.69, 9.17) is 10.8 Å². The Hall–Kier alpha value is -2.90. The summed E-state index contributed by atoms with van der Waals surface area (Å²) >= 11 is 0. The van der Waals surface area contributed by atoms with Gasteiger partial charge in [-0.2, -0.15) is 0 Å². The minimum atomic E-state index is -1.13. The number of carboxylic acid groups (broad SMARTS) is 1. The summed E-state index contributed by atoms with van der Waals surface area (Å²) < 4.78 is 0. The predicted molar refractivity (Wildman–Crippen MR) is 129 cm³/mol. The van der Waals surface area contributed by atoms with Gasteiger partial charge >= 0.3 is 12.0 Å². The van der Waals surface area contributed by atoms with Crippen LogP contribution in [0.1, 0.15) is 49.1 Å². The lowest BCUT2D eigenvalue weighted by Crippen LogP contribution is -2.71. The number of nitrogens with two attached hydrogens (primary N) is 1. The lowest BCUT2D eigenvalue weighted by Gasteiger charge is -2.44. The van der Waals surface area contributed by atoms with E-state index in [2.05, 4.69) is 18.2 Å². The van der Waals surface area contributed by atoms with Gasteiger partial charge in [0.1, 0.15) is 5.54 Å². The number of nitrogens with zero attached hydrogens (tertiary/aromatic N) is 3. The lowest BCUT2D eigenvalue weighted by molar-refractivity contribution is -0.150. The Bertz CT molecular complexity index is 1030. The van der Waals surface area contributed by atoms with Crippen molar-refractivity contribution in [3.8, 4) is 0 Å². The second-order valence-electron chi connectivity index (χ2n) is 9.79. The number of likely N-dealkylation sites (tertiary alicyclic amines) is 1. The average molecular weight is 449 g/mol. The standard InChI is InChI=1S/C26H32N4O3/c27-26(24(31)32)17-28(18-26)16-19-9-11-22(12-10-19)29-13-14-30(25(29)33)23-8-4-7-21(15-23)20-5-2-1-3-6-20/h4,7-12,15,20H,1-3,5-6,13-14,16-18,27H2,(H,31,32). The number of hydrogen-bond donors (Lipinski definition) is 2. The van der Waals surface area contributed by atoms with Crippen molar-refractivity contribution in [1.29, 1.82) is 0 Å². The number of hydrogen-bond acceptors (Lipinski definition) is 4. The summed E-state index contributed by atoms with van der Waals surface area (Å²) in [6.07, 6.45) is 6.42. The fourth-order valence-corrected chi connectivity index (χ4v) is 5.44. The quantitative estimate of drug-likeness (QED) is 0.702. The maximum absolute atomic E-state index is 13.2. The van der Waals surface area contributed by atoms with Crippen LogP contribution in [-0.2, 0) is 11.3 Å². The summed E-state index contributed by atoms with van der Waals surface area (Å²) in [7, 11) is 0. The number of benzene rings is 2. The third kappa shape index (κ3) is 4.35. The molecule has 0 bridgehead atoms. The molecule has 3 aliphatic rings. The van der Waals surface area contributed by atoms with Gasteiger partial charge in [-0.05, 0) is 54.2 Å². The molecule has 2 heterocycles. The van der Waals surface area contributed by atoms with Crippen molar-refractivity contribution in [3.05, 3.63) is 59.7 Å². The Kier molecular flexibility index (Phi) is 5.85. The Labute approximate surface area is 194 Å². The molecule has 0 aromatic heterocycles. The molecule has 2 aromatic carbocycles. The van der Waals surface area contributed by atoms with Crippen LogP contribution in [0, 0.1) is 0 Å². The molecule has 0 spiro atoms. The number of anilines is 2. The number of carboxylic acids is 1. The van der Waals surface area contributed by atoms with Gasteiger partial charge in [-0.15, -0.1) is 0 Å². The summed E-state index contributed by atoms with van der Waals surface area (Å²) in [6.45, 7) is 2.69. The highest BCUT2D eigenvalue weighted by molar-refractivity contribution is 6.06. The third-order valence-electron chi connectivity index (χ3n) is 7.36. The normalized spacial score (nSPS) is 21.3. The highest BCUT2D eigenvalue weighted by atomic mass is 16.4. The molecule has 2 aliphatic heterocycles. The van der Waals surface area contributed by atoms with Crippen molar-refractivity contribution in [2.24, 2.45) is 5.73 Å². The van der Waals surface area contributed by atoms with Gasteiger partial charge in [-0.1, -0.05) is 43.5 Å². The van der Waals surface area contributed by atoms with E-state index in [0.717, 1.165) is 16.9 Å². The van der Waals surface area contributed by atoms with Crippen molar-refractivity contribution < 1.29 is 14.7 Å². The van der Waals surface area contributed by atoms with Crippen LogP contribution in [0.3, 0.4) is 0 Å². The number of aliphatic carboxylic acids is 1. The predicted octanol–water partition coefficient (Wildman–Crippen LogP) is 3.78. The molecule has 2 amide bonds. The zero-order chi connectivity index (χ0) is 23.0. The Balaban J connectivity index is 1.22. The van der Waals surface area contributed by atoms with Crippen LogP contribution in [0.4, 0.5) is 16.2 Å². The Morgan fingerprint density at radius 1 is 0.970 bits per heavy atom. The molecule has 0 radical (unpaired) electrons. The van der Waals surface area contributed by atoms with Gasteiger partial charge in [0.15, 0.2) is 0 Å². The van der Waals surface area contributed by atoms with Gasteiger partial charge in [0.05, 0.1) is 0 Å². The van der Waals surface area contributed by atoms with Crippen molar-refractivity contribution >= 4 is 23.4 Å². The molecule has 5 rings (SSSR count). The fraction of sp³-hybridized carbons (Fsp3) is 0.462. The maximum Gasteiger partial charge on any atom is 0.329 e. The molecule has 7 nitrogen and oxygen atoms in total. The van der Waals surface area contributed by atoms with Crippen LogP contribution in [0.2, 0.25) is 0 Å². The molecule has 2 aromatic rings. The van der Waals surface area contributed by atoms with Crippen molar-refractivity contribution in [2.45, 2.75) is 50.1 Å². The highest BCUT2D eigenvalue weighted by Gasteiger charge is 2.45. The molecule has 2 saturated heterocycles. The van der Waals surface area contributed by atoms with Crippen molar-refractivity contribution in [2.75, 3.05) is 36.0 Å². The molecule has 1 saturated carbocycles. The van der Waals surface area contributed by atoms with Gasteiger partial charge in [-0.25, -0.2) is 4.79 Å². The van der Waals surface area contributed by atoms with Gasteiger partial charge in [0, 0.05) is 44.1 Å². The maximum atomic E-state index is 13.2. The number of carbonyl (C=O) groups excluding carboxylic acids is 1. The summed E-state index contributed by atoms with van der Waals surface area (Å²) in [5.41, 5.74) is 9.02. The smallest absolute Gasteiger partial charge is 0.329 e. The van der Waals surface area contributed by atoms with E-state index in [0.29, 0.717) is 38.6 Å². The van der Waals surface area contributed by atoms with Crippen molar-refractivity contribution in [3.63, 3.8) is 0 Å². The van der Waals surface area contributed by atoms with Gasteiger partial charge in [0.25, 0.3) is 0 Å². The zero-order valence-corrected chi connectivity index (χ0v) is 18.9. The van der Waals surface area contributed by atoms with E-state index < -0.39 is 11.5 Å². The molecule has 174 valence electrons. The molecule has 3 fully saturated rings. The molecule has 33 heavy (non-hydrogen) atoms. The minimum absolute atomic E-state index is 0.0145. The third-order valence-corrected chi connectivity index (χ3v) is 7.36. The van der Waals surface area contributed by atoms with Crippen LogP contribution in [0.25, 0.3) is 0 Å².